The lowest BCUT2D eigenvalue weighted by molar-refractivity contribution is -0.763. The summed E-state index contributed by atoms with van der Waals surface area (Å²) >= 11 is 0.582. The number of carbonyl (C=O) groups excluding carboxylic acids is 1. The fourth-order valence-electron chi connectivity index (χ4n) is 3.57. The van der Waals surface area contributed by atoms with Gasteiger partial charge in [-0.2, -0.15) is 0 Å². The molecule has 2 aromatic rings. The third kappa shape index (κ3) is 5.48. The molecule has 1 aliphatic heterocycles. The van der Waals surface area contributed by atoms with Gasteiger partial charge in [0, 0.05) is 12.1 Å². The maximum absolute atomic E-state index is 12.9. The normalized spacial score (nSPS) is 19.1. The summed E-state index contributed by atoms with van der Waals surface area (Å²) in [6.07, 6.45) is -0.626. The van der Waals surface area contributed by atoms with Gasteiger partial charge in [0.1, 0.15) is 21.6 Å². The van der Waals surface area contributed by atoms with Crippen LogP contribution in [0.2, 0.25) is 0 Å². The number of nitrogens with zero attached hydrogens (tertiary/aromatic N) is 2. The van der Waals surface area contributed by atoms with Gasteiger partial charge in [-0.15, -0.1) is 21.5 Å². The average molecular weight is 534 g/mol. The highest BCUT2D eigenvalue weighted by molar-refractivity contribution is 7.95. The molecule has 0 saturated heterocycles. The average Bonchev–Trinajstić information content (AvgIpc) is 3.23. The van der Waals surface area contributed by atoms with Crippen molar-refractivity contribution >= 4 is 37.3 Å². The summed E-state index contributed by atoms with van der Waals surface area (Å²) in [6, 6.07) is 6.97. The highest BCUT2D eigenvalue weighted by atomic mass is 32.3. The maximum Gasteiger partial charge on any atom is 0.410 e. The Hall–Kier alpha value is -2.75. The number of ether oxygens (including phenoxy) is 1. The zero-order chi connectivity index (χ0) is 25.3. The molecular weight excluding hydrogens is 510 g/mol. The number of fused-ring (bicyclic) bond motifs is 1. The quantitative estimate of drug-likeness (QED) is 0.394. The minimum atomic E-state index is -4.13. The molecule has 0 spiro atoms. The Morgan fingerprint density at radius 1 is 1.26 bits per heavy atom. The molecule has 1 aromatic carbocycles. The van der Waals surface area contributed by atoms with Crippen LogP contribution in [0.5, 0.6) is 0 Å². The van der Waals surface area contributed by atoms with Gasteiger partial charge >= 0.3 is 6.09 Å². The predicted molar refractivity (Wildman–Crippen MR) is 120 cm³/mol. The van der Waals surface area contributed by atoms with Crippen molar-refractivity contribution in [3.8, 4) is 0 Å². The summed E-state index contributed by atoms with van der Waals surface area (Å²) in [5, 5.41) is 13.7. The molecule has 0 saturated carbocycles. The second-order valence-electron chi connectivity index (χ2n) is 7.61. The molecule has 0 bridgehead atoms. The molecule has 2 N–H and O–H groups in total. The summed E-state index contributed by atoms with van der Waals surface area (Å²) in [4.78, 5) is 28.8. The SMILES string of the molecule is CCN(C(=O)OCc1ccc(CO[N+](=O)[O-])cc1)[C@H]1CC(C)S(=O)(=O)c2sc(S(N)(=O)=O)cc21. The van der Waals surface area contributed by atoms with Crippen molar-refractivity contribution in [1.82, 2.24) is 4.90 Å². The summed E-state index contributed by atoms with van der Waals surface area (Å²) in [7, 11) is -7.89. The molecule has 12 nitrogen and oxygen atoms in total. The molecule has 2 atom stereocenters. The second kappa shape index (κ2) is 9.85. The van der Waals surface area contributed by atoms with Gasteiger partial charge in [-0.3, -0.25) is 0 Å². The van der Waals surface area contributed by atoms with Crippen molar-refractivity contribution in [2.75, 3.05) is 6.54 Å². The molecule has 1 aliphatic rings. The number of thiophene rings is 1. The van der Waals surface area contributed by atoms with E-state index in [1.807, 2.05) is 0 Å². The van der Waals surface area contributed by atoms with E-state index in [9.17, 15) is 31.7 Å². The Labute approximate surface area is 200 Å². The first-order valence-electron chi connectivity index (χ1n) is 10.0. The number of hydrogen-bond donors (Lipinski definition) is 1. The number of benzene rings is 1. The molecule has 0 fully saturated rings. The smallest absolute Gasteiger partial charge is 0.410 e. The molecule has 2 heterocycles. The Morgan fingerprint density at radius 3 is 2.38 bits per heavy atom. The van der Waals surface area contributed by atoms with E-state index in [0.717, 1.165) is 0 Å². The Kier molecular flexibility index (Phi) is 7.50. The van der Waals surface area contributed by atoms with Crippen LogP contribution >= 0.6 is 11.3 Å². The standard InChI is InChI=1S/C19H23N3O9S3/c1-3-21(19(23)30-10-13-4-6-14(7-5-13)11-31-22(24)25)16-8-12(2)33(26,27)18-15(16)9-17(32-18)34(20,28)29/h4-7,9,12,16H,3,8,10-11H2,1-2H3,(H2,20,28,29)/t12?,16-/m0/s1. The molecule has 1 amide bonds. The third-order valence-corrected chi connectivity index (χ3v) is 10.7. The molecule has 0 radical (unpaired) electrons. The van der Waals surface area contributed by atoms with Crippen LogP contribution in [0.1, 0.15) is 43.0 Å². The van der Waals surface area contributed by atoms with Gasteiger partial charge in [-0.1, -0.05) is 24.3 Å². The highest BCUT2D eigenvalue weighted by Crippen LogP contribution is 2.45. The first-order valence-corrected chi connectivity index (χ1v) is 13.9. The van der Waals surface area contributed by atoms with Crippen molar-refractivity contribution in [2.45, 2.75) is 53.2 Å². The van der Waals surface area contributed by atoms with Crippen molar-refractivity contribution in [2.24, 2.45) is 5.14 Å². The van der Waals surface area contributed by atoms with Gasteiger partial charge in [-0.05, 0) is 37.5 Å². The van der Waals surface area contributed by atoms with Gasteiger partial charge in [0.15, 0.2) is 9.84 Å². The topological polar surface area (TPSA) is 176 Å². The zero-order valence-electron chi connectivity index (χ0n) is 18.2. The molecule has 15 heteroatoms. The van der Waals surface area contributed by atoms with Crippen molar-refractivity contribution in [3.63, 3.8) is 0 Å². The molecular formula is C19H23N3O9S3. The van der Waals surface area contributed by atoms with E-state index in [0.29, 0.717) is 22.5 Å². The summed E-state index contributed by atoms with van der Waals surface area (Å²) in [6.45, 7) is 3.10. The van der Waals surface area contributed by atoms with Crippen LogP contribution in [0.25, 0.3) is 0 Å². The lowest BCUT2D eigenvalue weighted by Crippen LogP contribution is -2.40. The summed E-state index contributed by atoms with van der Waals surface area (Å²) in [5.41, 5.74) is 1.40. The van der Waals surface area contributed by atoms with Crippen molar-refractivity contribution < 1.29 is 36.3 Å². The van der Waals surface area contributed by atoms with Crippen molar-refractivity contribution in [1.29, 1.82) is 0 Å². The molecule has 1 aromatic heterocycles. The fourth-order valence-corrected chi connectivity index (χ4v) is 7.97. The summed E-state index contributed by atoms with van der Waals surface area (Å²) < 4.78 is 54.2. The highest BCUT2D eigenvalue weighted by Gasteiger charge is 2.42. The minimum absolute atomic E-state index is 0.0736. The van der Waals surface area contributed by atoms with Crippen molar-refractivity contribution in [3.05, 3.63) is 57.1 Å². The number of sulfone groups is 1. The Balaban J connectivity index is 1.79. The van der Waals surface area contributed by atoms with Gasteiger partial charge in [0.25, 0.3) is 5.09 Å². The van der Waals surface area contributed by atoms with Gasteiger partial charge < -0.3 is 14.5 Å². The molecule has 3 rings (SSSR count). The number of amides is 1. The van der Waals surface area contributed by atoms with Crippen LogP contribution in [-0.2, 0) is 42.6 Å². The second-order valence-corrected chi connectivity index (χ2v) is 13.0. The minimum Gasteiger partial charge on any atom is -0.445 e. The Morgan fingerprint density at radius 2 is 1.85 bits per heavy atom. The van der Waals surface area contributed by atoms with Crippen LogP contribution in [0, 0.1) is 10.1 Å². The first kappa shape index (κ1) is 25.9. The number of nitrogens with two attached hydrogens (primary N) is 1. The van der Waals surface area contributed by atoms with Crippen LogP contribution in [0.4, 0.5) is 4.79 Å². The van der Waals surface area contributed by atoms with Gasteiger partial charge in [-0.25, -0.2) is 26.8 Å². The van der Waals surface area contributed by atoms with Gasteiger partial charge in [0.05, 0.1) is 11.3 Å². The number of primary sulfonamides is 1. The van der Waals surface area contributed by atoms with E-state index >= 15 is 0 Å². The molecule has 0 aliphatic carbocycles. The predicted octanol–water partition coefficient (Wildman–Crippen LogP) is 2.37. The monoisotopic (exact) mass is 533 g/mol. The zero-order valence-corrected chi connectivity index (χ0v) is 20.7. The lowest BCUT2D eigenvalue weighted by Gasteiger charge is -2.35. The van der Waals surface area contributed by atoms with Crippen LogP contribution < -0.4 is 5.14 Å². The molecule has 186 valence electrons. The Bertz CT molecular complexity index is 1290. The van der Waals surface area contributed by atoms with E-state index < -0.39 is 42.3 Å². The van der Waals surface area contributed by atoms with Crippen LogP contribution in [-0.4, -0.2) is 44.7 Å². The first-order chi connectivity index (χ1) is 15.8. The van der Waals surface area contributed by atoms with E-state index in [1.54, 1.807) is 31.2 Å². The fraction of sp³-hybridized carbons (Fsp3) is 0.421. The largest absolute Gasteiger partial charge is 0.445 e. The van der Waals surface area contributed by atoms with E-state index in [2.05, 4.69) is 4.84 Å². The number of rotatable bonds is 8. The van der Waals surface area contributed by atoms with Crippen LogP contribution in [0.15, 0.2) is 38.8 Å². The lowest BCUT2D eigenvalue weighted by atomic mass is 10.0. The number of sulfonamides is 1. The summed E-state index contributed by atoms with van der Waals surface area (Å²) in [5.74, 6) is 0. The third-order valence-electron chi connectivity index (χ3n) is 5.36. The van der Waals surface area contributed by atoms with E-state index in [4.69, 9.17) is 9.88 Å². The number of carbonyl (C=O) groups is 1. The van der Waals surface area contributed by atoms with Crippen LogP contribution in [0.3, 0.4) is 0 Å². The number of hydrogen-bond acceptors (Lipinski definition) is 10. The molecule has 1 unspecified atom stereocenters. The van der Waals surface area contributed by atoms with E-state index in [1.165, 1.54) is 17.9 Å². The van der Waals surface area contributed by atoms with E-state index in [-0.39, 0.29) is 40.2 Å². The maximum atomic E-state index is 12.9. The van der Waals surface area contributed by atoms with Gasteiger partial charge in [0.2, 0.25) is 10.0 Å². The molecule has 34 heavy (non-hydrogen) atoms.